The molecule has 2 aromatic carbocycles. The molecule has 0 bridgehead atoms. The first-order valence-electron chi connectivity index (χ1n) is 9.77. The highest BCUT2D eigenvalue weighted by Crippen LogP contribution is 2.24. The Morgan fingerprint density at radius 2 is 1.77 bits per heavy atom. The van der Waals surface area contributed by atoms with E-state index in [1.807, 2.05) is 6.92 Å². The van der Waals surface area contributed by atoms with E-state index in [0.717, 1.165) is 16.2 Å². The molecule has 0 radical (unpaired) electrons. The molecular weight excluding hydrogens is 409 g/mol. The van der Waals surface area contributed by atoms with Crippen LogP contribution in [0.15, 0.2) is 48.5 Å². The number of nitrogens with zero attached hydrogens (tertiary/aromatic N) is 3. The van der Waals surface area contributed by atoms with E-state index >= 15 is 0 Å². The summed E-state index contributed by atoms with van der Waals surface area (Å²) in [4.78, 5) is 16.6. The third-order valence-electron chi connectivity index (χ3n) is 4.92. The Balaban J connectivity index is 1.67. The monoisotopic (exact) mass is 435 g/mol. The summed E-state index contributed by atoms with van der Waals surface area (Å²) >= 11 is 0. The van der Waals surface area contributed by atoms with Gasteiger partial charge in [-0.2, -0.15) is 0 Å². The highest BCUT2D eigenvalue weighted by atomic mass is 32.2. The van der Waals surface area contributed by atoms with Crippen LogP contribution in [0.4, 0.5) is 15.8 Å². The van der Waals surface area contributed by atoms with E-state index in [2.05, 4.69) is 4.90 Å². The number of sulfonamides is 1. The third kappa shape index (κ3) is 5.41. The minimum Gasteiger partial charge on any atom is -0.494 e. The van der Waals surface area contributed by atoms with Crippen molar-refractivity contribution in [3.8, 4) is 5.75 Å². The molecule has 1 aliphatic rings. The van der Waals surface area contributed by atoms with Crippen molar-refractivity contribution in [1.82, 2.24) is 4.90 Å². The number of carbonyl (C=O) groups is 1. The quantitative estimate of drug-likeness (QED) is 0.668. The highest BCUT2D eigenvalue weighted by Gasteiger charge is 2.27. The first-order chi connectivity index (χ1) is 14.3. The highest BCUT2D eigenvalue weighted by molar-refractivity contribution is 7.92. The Labute approximate surface area is 176 Å². The lowest BCUT2D eigenvalue weighted by Gasteiger charge is -2.37. The van der Waals surface area contributed by atoms with E-state index in [1.54, 1.807) is 41.3 Å². The van der Waals surface area contributed by atoms with Crippen molar-refractivity contribution in [2.75, 3.05) is 54.8 Å². The Morgan fingerprint density at radius 3 is 2.37 bits per heavy atom. The molecule has 1 saturated heterocycles. The fourth-order valence-corrected chi connectivity index (χ4v) is 4.23. The van der Waals surface area contributed by atoms with Gasteiger partial charge in [0.05, 0.1) is 18.6 Å². The molecule has 0 N–H and O–H groups in total. The molecule has 0 aromatic heterocycles. The molecule has 1 amide bonds. The number of hydrogen-bond acceptors (Lipinski definition) is 5. The van der Waals surface area contributed by atoms with Crippen LogP contribution in [0.1, 0.15) is 6.92 Å². The molecule has 162 valence electrons. The number of carbonyl (C=O) groups excluding carboxylic acids is 1. The van der Waals surface area contributed by atoms with Crippen molar-refractivity contribution >= 4 is 27.3 Å². The minimum atomic E-state index is -3.66. The summed E-state index contributed by atoms with van der Waals surface area (Å²) in [5, 5.41) is 0. The van der Waals surface area contributed by atoms with Gasteiger partial charge in [-0.15, -0.1) is 0 Å². The average molecular weight is 436 g/mol. The van der Waals surface area contributed by atoms with Crippen molar-refractivity contribution < 1.29 is 22.3 Å². The largest absolute Gasteiger partial charge is 0.494 e. The minimum absolute atomic E-state index is 0.263. The Morgan fingerprint density at radius 1 is 1.10 bits per heavy atom. The van der Waals surface area contributed by atoms with Crippen LogP contribution in [-0.2, 0) is 14.8 Å². The number of rotatable bonds is 7. The van der Waals surface area contributed by atoms with Gasteiger partial charge in [-0.1, -0.05) is 6.07 Å². The van der Waals surface area contributed by atoms with Gasteiger partial charge in [-0.25, -0.2) is 12.8 Å². The van der Waals surface area contributed by atoms with Gasteiger partial charge in [0.1, 0.15) is 18.1 Å². The zero-order chi connectivity index (χ0) is 21.7. The lowest BCUT2D eigenvalue weighted by molar-refractivity contribution is -0.129. The van der Waals surface area contributed by atoms with Crippen LogP contribution in [0.25, 0.3) is 0 Å². The number of hydrogen-bond donors (Lipinski definition) is 0. The molecule has 0 saturated carbocycles. The molecule has 0 unspecified atom stereocenters. The predicted octanol–water partition coefficient (Wildman–Crippen LogP) is 2.34. The number of piperazine rings is 1. The molecule has 0 spiro atoms. The number of ether oxygens (including phenoxy) is 1. The van der Waals surface area contributed by atoms with Crippen LogP contribution in [0.2, 0.25) is 0 Å². The van der Waals surface area contributed by atoms with Crippen molar-refractivity contribution in [2.24, 2.45) is 0 Å². The van der Waals surface area contributed by atoms with Crippen LogP contribution in [-0.4, -0.2) is 64.8 Å². The van der Waals surface area contributed by atoms with E-state index in [-0.39, 0.29) is 18.3 Å². The summed E-state index contributed by atoms with van der Waals surface area (Å²) in [6.45, 7) is 4.15. The number of halogens is 1. The third-order valence-corrected chi connectivity index (χ3v) is 6.06. The topological polar surface area (TPSA) is 70.2 Å². The second-order valence-electron chi connectivity index (χ2n) is 7.04. The summed E-state index contributed by atoms with van der Waals surface area (Å²) in [7, 11) is -3.66. The Bertz CT molecular complexity index is 974. The fourth-order valence-electron chi connectivity index (χ4n) is 3.38. The molecule has 1 fully saturated rings. The van der Waals surface area contributed by atoms with E-state index in [4.69, 9.17) is 4.74 Å². The molecule has 1 heterocycles. The summed E-state index contributed by atoms with van der Waals surface area (Å²) in [5.41, 5.74) is 1.29. The molecule has 30 heavy (non-hydrogen) atoms. The number of benzene rings is 2. The van der Waals surface area contributed by atoms with Gasteiger partial charge >= 0.3 is 0 Å². The molecule has 3 rings (SSSR count). The van der Waals surface area contributed by atoms with Gasteiger partial charge in [0.25, 0.3) is 0 Å². The maximum atomic E-state index is 13.1. The van der Waals surface area contributed by atoms with E-state index < -0.39 is 10.0 Å². The van der Waals surface area contributed by atoms with Gasteiger partial charge in [0, 0.05) is 37.9 Å². The van der Waals surface area contributed by atoms with Crippen molar-refractivity contribution in [2.45, 2.75) is 6.92 Å². The number of anilines is 2. The van der Waals surface area contributed by atoms with Crippen LogP contribution in [0.5, 0.6) is 5.75 Å². The molecule has 7 nitrogen and oxygen atoms in total. The molecule has 0 atom stereocenters. The number of amides is 1. The van der Waals surface area contributed by atoms with Gasteiger partial charge < -0.3 is 14.5 Å². The standard InChI is InChI=1S/C21H26FN3O4S/c1-3-29-20-6-4-5-19(15-20)25(30(2,27)28)16-21(26)24-13-11-23(12-14-24)18-9-7-17(22)8-10-18/h4-10,15H,3,11-14,16H2,1-2H3. The van der Waals surface area contributed by atoms with Gasteiger partial charge in [0.2, 0.25) is 15.9 Å². The summed E-state index contributed by atoms with van der Waals surface area (Å²) in [6, 6.07) is 12.9. The average Bonchev–Trinajstić information content (AvgIpc) is 2.72. The van der Waals surface area contributed by atoms with E-state index in [1.165, 1.54) is 12.1 Å². The van der Waals surface area contributed by atoms with Gasteiger partial charge in [-0.05, 0) is 43.3 Å². The summed E-state index contributed by atoms with van der Waals surface area (Å²) in [6.07, 6.45) is 1.08. The normalized spacial score (nSPS) is 14.5. The second kappa shape index (κ2) is 9.34. The maximum Gasteiger partial charge on any atom is 0.243 e. The lowest BCUT2D eigenvalue weighted by Crippen LogP contribution is -2.52. The summed E-state index contributed by atoms with van der Waals surface area (Å²) in [5.74, 6) is -0.00755. The van der Waals surface area contributed by atoms with Gasteiger partial charge in [-0.3, -0.25) is 9.10 Å². The van der Waals surface area contributed by atoms with Crippen LogP contribution >= 0.6 is 0 Å². The zero-order valence-corrected chi connectivity index (χ0v) is 17.9. The van der Waals surface area contributed by atoms with Crippen molar-refractivity contribution in [3.63, 3.8) is 0 Å². The lowest BCUT2D eigenvalue weighted by atomic mass is 10.2. The smallest absolute Gasteiger partial charge is 0.243 e. The Hall–Kier alpha value is -2.81. The van der Waals surface area contributed by atoms with Crippen LogP contribution in [0.3, 0.4) is 0 Å². The fraction of sp³-hybridized carbons (Fsp3) is 0.381. The Kier molecular flexibility index (Phi) is 6.81. The zero-order valence-electron chi connectivity index (χ0n) is 17.1. The summed E-state index contributed by atoms with van der Waals surface area (Å²) < 4.78 is 44.4. The molecule has 2 aromatic rings. The van der Waals surface area contributed by atoms with Crippen LogP contribution < -0.4 is 13.9 Å². The molecule has 1 aliphatic heterocycles. The molecule has 0 aliphatic carbocycles. The molecular formula is C21H26FN3O4S. The van der Waals surface area contributed by atoms with E-state index in [9.17, 15) is 17.6 Å². The van der Waals surface area contributed by atoms with E-state index in [0.29, 0.717) is 44.2 Å². The van der Waals surface area contributed by atoms with Gasteiger partial charge in [0.15, 0.2) is 0 Å². The van der Waals surface area contributed by atoms with Crippen LogP contribution in [0, 0.1) is 5.82 Å². The van der Waals surface area contributed by atoms with Crippen molar-refractivity contribution in [1.29, 1.82) is 0 Å². The first kappa shape index (κ1) is 21.9. The second-order valence-corrected chi connectivity index (χ2v) is 8.95. The van der Waals surface area contributed by atoms with Crippen molar-refractivity contribution in [3.05, 3.63) is 54.3 Å². The SMILES string of the molecule is CCOc1cccc(N(CC(=O)N2CCN(c3ccc(F)cc3)CC2)S(C)(=O)=O)c1. The predicted molar refractivity (Wildman–Crippen MR) is 115 cm³/mol. The maximum absolute atomic E-state index is 13.1. The molecule has 9 heteroatoms. The first-order valence-corrected chi connectivity index (χ1v) is 11.6.